The first-order valence-corrected chi connectivity index (χ1v) is 31.8. The first kappa shape index (κ1) is 69.1. The second-order valence-electron chi connectivity index (χ2n) is 21.7. The molecule has 2 atom stereocenters. The summed E-state index contributed by atoms with van der Waals surface area (Å²) in [4.78, 5) is 24.5. The Kier molecular flexibility index (Phi) is 59.0. The number of esters is 1. The van der Waals surface area contributed by atoms with Crippen LogP contribution in [0.3, 0.4) is 0 Å². The third kappa shape index (κ3) is 57.2. The van der Waals surface area contributed by atoms with Gasteiger partial charge in [-0.25, -0.2) is 0 Å². The highest BCUT2D eigenvalue weighted by molar-refractivity contribution is 5.76. The maximum absolute atomic E-state index is 12.4. The minimum Gasteiger partial charge on any atom is -0.466 e. The molecular weight excluding hydrogens is 875 g/mol. The molecule has 71 heavy (non-hydrogen) atoms. The number of unbranched alkanes of at least 4 members (excludes halogenated alkanes) is 44. The van der Waals surface area contributed by atoms with Gasteiger partial charge in [0.05, 0.1) is 25.4 Å². The number of carbonyl (C=O) groups is 2. The van der Waals surface area contributed by atoms with Crippen molar-refractivity contribution in [1.82, 2.24) is 5.32 Å². The summed E-state index contributed by atoms with van der Waals surface area (Å²) < 4.78 is 5.48. The van der Waals surface area contributed by atoms with Gasteiger partial charge in [0.1, 0.15) is 0 Å². The SMILES string of the molecule is CCCCCCCCCCCCC/C=C/C(O)C(CO)NC(=O)CCCCCCCCCCCCC/C=C\C/C=C\CCCCCCCCCCCOC(=O)CCCCCCCCCCCCCCCC. The van der Waals surface area contributed by atoms with E-state index in [1.54, 1.807) is 6.08 Å². The summed E-state index contributed by atoms with van der Waals surface area (Å²) in [5, 5.41) is 23.1. The van der Waals surface area contributed by atoms with Crippen LogP contribution in [0.4, 0.5) is 0 Å². The number of hydrogen-bond donors (Lipinski definition) is 3. The van der Waals surface area contributed by atoms with Crippen LogP contribution in [0.1, 0.15) is 341 Å². The molecule has 0 fully saturated rings. The lowest BCUT2D eigenvalue weighted by molar-refractivity contribution is -0.143. The minimum atomic E-state index is -0.846. The maximum Gasteiger partial charge on any atom is 0.305 e. The normalized spacial score (nSPS) is 12.8. The molecule has 0 spiro atoms. The van der Waals surface area contributed by atoms with Crippen LogP contribution in [0.25, 0.3) is 0 Å². The van der Waals surface area contributed by atoms with E-state index >= 15 is 0 Å². The fourth-order valence-corrected chi connectivity index (χ4v) is 9.78. The summed E-state index contributed by atoms with van der Waals surface area (Å²) in [5.74, 6) is -0.0582. The van der Waals surface area contributed by atoms with Gasteiger partial charge in [0.15, 0.2) is 0 Å². The van der Waals surface area contributed by atoms with E-state index in [1.807, 2.05) is 6.08 Å². The molecule has 0 aliphatic heterocycles. The lowest BCUT2D eigenvalue weighted by Gasteiger charge is -2.20. The summed E-state index contributed by atoms with van der Waals surface area (Å²) in [5.41, 5.74) is 0. The summed E-state index contributed by atoms with van der Waals surface area (Å²) in [6, 6.07) is -0.630. The van der Waals surface area contributed by atoms with Gasteiger partial charge < -0.3 is 20.3 Å². The maximum atomic E-state index is 12.4. The molecule has 6 nitrogen and oxygen atoms in total. The molecule has 0 bridgehead atoms. The number of carbonyl (C=O) groups excluding carboxylic acids is 2. The molecule has 0 heterocycles. The van der Waals surface area contributed by atoms with E-state index in [1.165, 1.54) is 270 Å². The number of hydrogen-bond acceptors (Lipinski definition) is 5. The molecule has 3 N–H and O–H groups in total. The van der Waals surface area contributed by atoms with Crippen molar-refractivity contribution in [3.05, 3.63) is 36.5 Å². The number of aliphatic hydroxyl groups excluding tert-OH is 2. The lowest BCUT2D eigenvalue weighted by Crippen LogP contribution is -2.45. The van der Waals surface area contributed by atoms with E-state index in [-0.39, 0.29) is 18.5 Å². The molecule has 0 aliphatic rings. The van der Waals surface area contributed by atoms with E-state index in [0.29, 0.717) is 19.4 Å². The number of rotatable bonds is 59. The van der Waals surface area contributed by atoms with Crippen LogP contribution in [-0.4, -0.2) is 47.4 Å². The molecule has 0 saturated carbocycles. The van der Waals surface area contributed by atoms with Gasteiger partial charge >= 0.3 is 5.97 Å². The molecule has 418 valence electrons. The highest BCUT2D eigenvalue weighted by Gasteiger charge is 2.18. The monoisotopic (exact) mass is 998 g/mol. The van der Waals surface area contributed by atoms with Crippen molar-refractivity contribution in [2.45, 2.75) is 353 Å². The quantitative estimate of drug-likeness (QED) is 0.0321. The van der Waals surface area contributed by atoms with Crippen LogP contribution in [0.2, 0.25) is 0 Å². The molecule has 0 aromatic carbocycles. The van der Waals surface area contributed by atoms with Crippen molar-refractivity contribution in [3.8, 4) is 0 Å². The van der Waals surface area contributed by atoms with E-state index in [0.717, 1.165) is 44.9 Å². The molecule has 0 aromatic heterocycles. The van der Waals surface area contributed by atoms with Crippen LogP contribution >= 0.6 is 0 Å². The van der Waals surface area contributed by atoms with Crippen molar-refractivity contribution >= 4 is 11.9 Å². The van der Waals surface area contributed by atoms with E-state index in [4.69, 9.17) is 4.74 Å². The Hall–Kier alpha value is -1.92. The second kappa shape index (κ2) is 60.6. The van der Waals surface area contributed by atoms with Gasteiger partial charge in [0.25, 0.3) is 0 Å². The Morgan fingerprint density at radius 2 is 0.704 bits per heavy atom. The van der Waals surface area contributed by atoms with Gasteiger partial charge in [-0.2, -0.15) is 0 Å². The second-order valence-corrected chi connectivity index (χ2v) is 21.7. The number of ether oxygens (including phenoxy) is 1. The Morgan fingerprint density at radius 3 is 1.07 bits per heavy atom. The number of nitrogens with one attached hydrogen (secondary N) is 1. The Morgan fingerprint density at radius 1 is 0.394 bits per heavy atom. The molecule has 1 amide bonds. The Balaban J connectivity index is 3.42. The van der Waals surface area contributed by atoms with E-state index in [9.17, 15) is 19.8 Å². The molecule has 2 unspecified atom stereocenters. The van der Waals surface area contributed by atoms with Gasteiger partial charge in [-0.1, -0.05) is 301 Å². The number of allylic oxidation sites excluding steroid dienone is 5. The Labute approximate surface area is 443 Å². The van der Waals surface area contributed by atoms with Gasteiger partial charge in [-0.05, 0) is 64.2 Å². The predicted octanol–water partition coefficient (Wildman–Crippen LogP) is 20.0. The summed E-state index contributed by atoms with van der Waals surface area (Å²) in [7, 11) is 0. The predicted molar refractivity (Wildman–Crippen MR) is 310 cm³/mol. The van der Waals surface area contributed by atoms with Crippen LogP contribution in [0.5, 0.6) is 0 Å². The van der Waals surface area contributed by atoms with Crippen molar-refractivity contribution in [2.24, 2.45) is 0 Å². The molecule has 0 radical (unpaired) electrons. The standard InChI is InChI=1S/C65H123NO5/c1-3-5-7-9-11-13-15-17-35-39-43-47-51-55-59-65(70)71-60-56-52-48-44-40-36-32-30-28-26-24-22-20-18-19-21-23-25-27-29-31-34-38-42-46-50-54-58-64(69)66-62(61-67)63(68)57-53-49-45-41-37-33-16-14-12-10-8-6-4-2/h18-19,22,24,53,57,62-63,67-68H,3-17,20-21,23,25-52,54-56,58-61H2,1-2H3,(H,66,69)/b19-18-,24-22-,57-53+. The van der Waals surface area contributed by atoms with Crippen molar-refractivity contribution in [1.29, 1.82) is 0 Å². The van der Waals surface area contributed by atoms with Gasteiger partial charge in [-0.15, -0.1) is 0 Å². The first-order valence-electron chi connectivity index (χ1n) is 31.8. The zero-order chi connectivity index (χ0) is 51.4. The van der Waals surface area contributed by atoms with Crippen molar-refractivity contribution in [2.75, 3.05) is 13.2 Å². The fraction of sp³-hybridized carbons (Fsp3) is 0.877. The summed E-state index contributed by atoms with van der Waals surface area (Å²) in [6.45, 7) is 4.91. The zero-order valence-corrected chi connectivity index (χ0v) is 47.7. The highest BCUT2D eigenvalue weighted by atomic mass is 16.5. The summed E-state index contributed by atoms with van der Waals surface area (Å²) in [6.07, 6.45) is 76.2. The lowest BCUT2D eigenvalue weighted by atomic mass is 10.0. The average molecular weight is 999 g/mol. The molecule has 6 heteroatoms. The largest absolute Gasteiger partial charge is 0.466 e. The van der Waals surface area contributed by atoms with Gasteiger partial charge in [0.2, 0.25) is 5.91 Å². The fourth-order valence-electron chi connectivity index (χ4n) is 9.78. The summed E-state index contributed by atoms with van der Waals surface area (Å²) >= 11 is 0. The number of aliphatic hydroxyl groups is 2. The topological polar surface area (TPSA) is 95.9 Å². The third-order valence-electron chi connectivity index (χ3n) is 14.7. The van der Waals surface area contributed by atoms with Crippen molar-refractivity contribution < 1.29 is 24.5 Å². The van der Waals surface area contributed by atoms with Gasteiger partial charge in [-0.3, -0.25) is 9.59 Å². The van der Waals surface area contributed by atoms with Gasteiger partial charge in [0, 0.05) is 12.8 Å². The van der Waals surface area contributed by atoms with Crippen LogP contribution in [0, 0.1) is 0 Å². The minimum absolute atomic E-state index is 0.0125. The van der Waals surface area contributed by atoms with E-state index in [2.05, 4.69) is 43.5 Å². The van der Waals surface area contributed by atoms with Crippen LogP contribution in [-0.2, 0) is 14.3 Å². The van der Waals surface area contributed by atoms with Crippen LogP contribution in [0.15, 0.2) is 36.5 Å². The van der Waals surface area contributed by atoms with Crippen LogP contribution < -0.4 is 5.32 Å². The molecule has 0 aliphatic carbocycles. The molecule has 0 rings (SSSR count). The smallest absolute Gasteiger partial charge is 0.305 e. The van der Waals surface area contributed by atoms with Crippen molar-refractivity contribution in [3.63, 3.8) is 0 Å². The zero-order valence-electron chi connectivity index (χ0n) is 47.7. The average Bonchev–Trinajstić information content (AvgIpc) is 3.37. The van der Waals surface area contributed by atoms with E-state index < -0.39 is 12.1 Å². The molecule has 0 saturated heterocycles. The third-order valence-corrected chi connectivity index (χ3v) is 14.7. The molecule has 0 aromatic rings. The first-order chi connectivity index (χ1) is 35.0. The molecular formula is C65H123NO5. The highest BCUT2D eigenvalue weighted by Crippen LogP contribution is 2.17. The Bertz CT molecular complexity index is 1150. The number of amides is 1.